The first kappa shape index (κ1) is 15.3. The Balaban J connectivity index is 2.86. The van der Waals surface area contributed by atoms with Gasteiger partial charge in [0.05, 0.1) is 18.9 Å². The van der Waals surface area contributed by atoms with Gasteiger partial charge in [0.15, 0.2) is 0 Å². The van der Waals surface area contributed by atoms with E-state index in [1.807, 2.05) is 11.8 Å². The zero-order chi connectivity index (χ0) is 14.4. The maximum absolute atomic E-state index is 11.8. The highest BCUT2D eigenvalue weighted by Gasteiger charge is 2.14. The van der Waals surface area contributed by atoms with Crippen LogP contribution in [0, 0.1) is 0 Å². The van der Waals surface area contributed by atoms with Crippen molar-refractivity contribution >= 4 is 28.9 Å². The number of carbonyl (C=O) groups excluding carboxylic acids is 1. The molecule has 0 radical (unpaired) electrons. The summed E-state index contributed by atoms with van der Waals surface area (Å²) in [6.45, 7) is 3.06. The Kier molecular flexibility index (Phi) is 5.62. The molecule has 7 heteroatoms. The molecule has 0 unspecified atom stereocenters. The van der Waals surface area contributed by atoms with Gasteiger partial charge in [0.25, 0.3) is 0 Å². The van der Waals surface area contributed by atoms with Crippen molar-refractivity contribution in [2.24, 2.45) is 5.73 Å². The molecule has 0 atom stereocenters. The van der Waals surface area contributed by atoms with Crippen molar-refractivity contribution in [1.82, 2.24) is 14.9 Å². The van der Waals surface area contributed by atoms with E-state index in [-0.39, 0.29) is 17.4 Å². The van der Waals surface area contributed by atoms with Crippen molar-refractivity contribution in [2.45, 2.75) is 13.3 Å². The third-order valence-electron chi connectivity index (χ3n) is 2.53. The summed E-state index contributed by atoms with van der Waals surface area (Å²) in [7, 11) is 3.46. The van der Waals surface area contributed by atoms with Gasteiger partial charge in [0.1, 0.15) is 16.5 Å². The molecule has 1 aromatic heterocycles. The first-order valence-corrected chi connectivity index (χ1v) is 6.43. The monoisotopic (exact) mass is 281 g/mol. The van der Waals surface area contributed by atoms with Crippen LogP contribution in [0.5, 0.6) is 0 Å². The van der Waals surface area contributed by atoms with Crippen LogP contribution in [0.1, 0.15) is 19.0 Å². The van der Waals surface area contributed by atoms with Gasteiger partial charge in [-0.15, -0.1) is 0 Å². The third kappa shape index (κ3) is 4.44. The molecule has 0 bridgehead atoms. The molecule has 0 spiro atoms. The summed E-state index contributed by atoms with van der Waals surface area (Å²) in [5.74, 6) is 0.672. The molecule has 0 aromatic carbocycles. The highest BCUT2D eigenvalue weighted by Crippen LogP contribution is 2.10. The Morgan fingerprint density at radius 2 is 2.05 bits per heavy atom. The van der Waals surface area contributed by atoms with Crippen LogP contribution in [0.2, 0.25) is 0 Å². The second kappa shape index (κ2) is 6.98. The topological polar surface area (TPSA) is 75.4 Å². The first-order valence-electron chi connectivity index (χ1n) is 6.02. The fraction of sp³-hybridized carbons (Fsp3) is 0.500. The summed E-state index contributed by atoms with van der Waals surface area (Å²) < 4.78 is 0. The Morgan fingerprint density at radius 1 is 1.37 bits per heavy atom. The van der Waals surface area contributed by atoms with E-state index in [4.69, 9.17) is 18.0 Å². The SMILES string of the molecule is CCCN(CC(=O)N(C)C)c1cnc(C(N)=S)cn1. The molecule has 0 aliphatic heterocycles. The van der Waals surface area contributed by atoms with Gasteiger partial charge >= 0.3 is 0 Å². The summed E-state index contributed by atoms with van der Waals surface area (Å²) in [5.41, 5.74) is 5.95. The molecular weight excluding hydrogens is 262 g/mol. The number of thiocarbonyl (C=S) groups is 1. The van der Waals surface area contributed by atoms with Crippen molar-refractivity contribution in [1.29, 1.82) is 0 Å². The second-order valence-corrected chi connectivity index (χ2v) is 4.77. The molecular formula is C12H19N5OS. The van der Waals surface area contributed by atoms with Gasteiger partial charge in [-0.2, -0.15) is 0 Å². The third-order valence-corrected chi connectivity index (χ3v) is 2.74. The summed E-state index contributed by atoms with van der Waals surface area (Å²) >= 11 is 4.83. The minimum Gasteiger partial charge on any atom is -0.388 e. The molecule has 0 fully saturated rings. The maximum atomic E-state index is 11.8. The molecule has 1 amide bonds. The Bertz CT molecular complexity index is 446. The summed E-state index contributed by atoms with van der Waals surface area (Å²) in [4.78, 5) is 23.8. The molecule has 19 heavy (non-hydrogen) atoms. The highest BCUT2D eigenvalue weighted by atomic mass is 32.1. The van der Waals surface area contributed by atoms with Crippen LogP contribution < -0.4 is 10.6 Å². The second-order valence-electron chi connectivity index (χ2n) is 4.33. The van der Waals surface area contributed by atoms with Crippen LogP contribution in [0.15, 0.2) is 12.4 Å². The lowest BCUT2D eigenvalue weighted by molar-refractivity contribution is -0.127. The van der Waals surface area contributed by atoms with E-state index in [1.165, 1.54) is 6.20 Å². The van der Waals surface area contributed by atoms with E-state index in [9.17, 15) is 4.79 Å². The zero-order valence-electron chi connectivity index (χ0n) is 11.5. The summed E-state index contributed by atoms with van der Waals surface area (Å²) in [6, 6.07) is 0. The number of anilines is 1. The molecule has 0 aliphatic carbocycles. The van der Waals surface area contributed by atoms with Crippen molar-refractivity contribution in [3.05, 3.63) is 18.1 Å². The van der Waals surface area contributed by atoms with Gasteiger partial charge in [-0.05, 0) is 6.42 Å². The number of carbonyl (C=O) groups is 1. The van der Waals surface area contributed by atoms with E-state index >= 15 is 0 Å². The Hall–Kier alpha value is -1.76. The molecule has 0 aliphatic rings. The van der Waals surface area contributed by atoms with Gasteiger partial charge in [0.2, 0.25) is 5.91 Å². The lowest BCUT2D eigenvalue weighted by Crippen LogP contribution is -2.37. The van der Waals surface area contributed by atoms with Gasteiger partial charge in [0, 0.05) is 20.6 Å². The molecule has 0 saturated carbocycles. The summed E-state index contributed by atoms with van der Waals surface area (Å²) in [5, 5.41) is 0. The van der Waals surface area contributed by atoms with Crippen molar-refractivity contribution in [3.63, 3.8) is 0 Å². The van der Waals surface area contributed by atoms with Crippen LogP contribution in [0.3, 0.4) is 0 Å². The number of nitrogens with zero attached hydrogens (tertiary/aromatic N) is 4. The van der Waals surface area contributed by atoms with Gasteiger partial charge < -0.3 is 15.5 Å². The molecule has 2 N–H and O–H groups in total. The molecule has 0 saturated heterocycles. The average Bonchev–Trinajstić information content (AvgIpc) is 2.38. The van der Waals surface area contributed by atoms with Crippen LogP contribution in [-0.4, -0.2) is 52.9 Å². The predicted octanol–water partition coefficient (Wildman–Crippen LogP) is 0.415. The minimum atomic E-state index is 0.0219. The largest absolute Gasteiger partial charge is 0.388 e. The maximum Gasteiger partial charge on any atom is 0.241 e. The molecule has 104 valence electrons. The number of rotatable bonds is 6. The lowest BCUT2D eigenvalue weighted by Gasteiger charge is -2.23. The summed E-state index contributed by atoms with van der Waals surface area (Å²) in [6.07, 6.45) is 4.03. The Labute approximate surface area is 118 Å². The van der Waals surface area contributed by atoms with Gasteiger partial charge in [-0.25, -0.2) is 9.97 Å². The number of amides is 1. The normalized spacial score (nSPS) is 10.1. The van der Waals surface area contributed by atoms with Crippen molar-refractivity contribution < 1.29 is 4.79 Å². The van der Waals surface area contributed by atoms with Crippen LogP contribution in [0.4, 0.5) is 5.82 Å². The number of likely N-dealkylation sites (N-methyl/N-ethyl adjacent to an activating group) is 1. The zero-order valence-corrected chi connectivity index (χ0v) is 12.3. The van der Waals surface area contributed by atoms with E-state index in [2.05, 4.69) is 9.97 Å². The van der Waals surface area contributed by atoms with Gasteiger partial charge in [-0.1, -0.05) is 19.1 Å². The molecule has 6 nitrogen and oxygen atoms in total. The standard InChI is InChI=1S/C12H19N5OS/c1-4-5-17(8-11(18)16(2)3)10-7-14-9(6-15-10)12(13)19/h6-7H,4-5,8H2,1-3H3,(H2,13,19). The highest BCUT2D eigenvalue weighted by molar-refractivity contribution is 7.80. The van der Waals surface area contributed by atoms with E-state index in [0.29, 0.717) is 11.5 Å². The number of aromatic nitrogens is 2. The minimum absolute atomic E-state index is 0.0219. The van der Waals surface area contributed by atoms with E-state index in [1.54, 1.807) is 25.2 Å². The molecule has 1 aromatic rings. The predicted molar refractivity (Wildman–Crippen MR) is 79.1 cm³/mol. The molecule has 1 rings (SSSR count). The fourth-order valence-corrected chi connectivity index (χ4v) is 1.57. The quantitative estimate of drug-likeness (QED) is 0.762. The van der Waals surface area contributed by atoms with Crippen LogP contribution in [-0.2, 0) is 4.79 Å². The number of nitrogens with two attached hydrogens (primary N) is 1. The van der Waals surface area contributed by atoms with Crippen LogP contribution >= 0.6 is 12.2 Å². The van der Waals surface area contributed by atoms with E-state index < -0.39 is 0 Å². The lowest BCUT2D eigenvalue weighted by atomic mass is 10.3. The number of hydrogen-bond acceptors (Lipinski definition) is 5. The van der Waals surface area contributed by atoms with E-state index in [0.717, 1.165) is 13.0 Å². The smallest absolute Gasteiger partial charge is 0.241 e. The first-order chi connectivity index (χ1) is 8.95. The van der Waals surface area contributed by atoms with Crippen molar-refractivity contribution in [3.8, 4) is 0 Å². The van der Waals surface area contributed by atoms with Crippen molar-refractivity contribution in [2.75, 3.05) is 32.1 Å². The van der Waals surface area contributed by atoms with Crippen LogP contribution in [0.25, 0.3) is 0 Å². The molecule has 1 heterocycles. The van der Waals surface area contributed by atoms with Gasteiger partial charge in [-0.3, -0.25) is 4.79 Å². The number of hydrogen-bond donors (Lipinski definition) is 1. The Morgan fingerprint density at radius 3 is 2.47 bits per heavy atom. The fourth-order valence-electron chi connectivity index (χ4n) is 1.46. The average molecular weight is 281 g/mol.